The smallest absolute Gasteiger partial charge is 0.420 e. The van der Waals surface area contributed by atoms with Gasteiger partial charge in [-0.05, 0) is 59.7 Å². The summed E-state index contributed by atoms with van der Waals surface area (Å²) in [6.07, 6.45) is 4.76. The van der Waals surface area contributed by atoms with Gasteiger partial charge in [0.15, 0.2) is 5.82 Å². The molecule has 1 N–H and O–H groups in total. The van der Waals surface area contributed by atoms with E-state index >= 15 is 0 Å². The predicted molar refractivity (Wildman–Crippen MR) is 135 cm³/mol. The molecular weight excluding hydrogens is 470 g/mol. The summed E-state index contributed by atoms with van der Waals surface area (Å²) in [6.45, 7) is 10.6. The summed E-state index contributed by atoms with van der Waals surface area (Å²) in [5.41, 5.74) is 0.415. The quantitative estimate of drug-likeness (QED) is 0.432. The maximum Gasteiger partial charge on any atom is 0.420 e. The van der Waals surface area contributed by atoms with E-state index in [1.165, 1.54) is 23.5 Å². The van der Waals surface area contributed by atoms with Crippen molar-refractivity contribution < 1.29 is 19.1 Å². The summed E-state index contributed by atoms with van der Waals surface area (Å²) >= 11 is 6.40. The van der Waals surface area contributed by atoms with Gasteiger partial charge in [-0.1, -0.05) is 23.7 Å². The van der Waals surface area contributed by atoms with Crippen molar-refractivity contribution in [3.05, 3.63) is 60.1 Å². The molecule has 0 fully saturated rings. The number of amides is 2. The van der Waals surface area contributed by atoms with Crippen LogP contribution in [-0.2, 0) is 9.47 Å². The Morgan fingerprint density at radius 3 is 2.23 bits per heavy atom. The van der Waals surface area contributed by atoms with E-state index in [1.54, 1.807) is 78.1 Å². The summed E-state index contributed by atoms with van der Waals surface area (Å²) in [6, 6.07) is 8.55. The summed E-state index contributed by atoms with van der Waals surface area (Å²) in [7, 11) is 0. The Labute approximate surface area is 209 Å². The van der Waals surface area contributed by atoms with E-state index in [9.17, 15) is 9.59 Å². The van der Waals surface area contributed by atoms with E-state index in [0.29, 0.717) is 27.7 Å². The zero-order valence-corrected chi connectivity index (χ0v) is 21.3. The number of benzene rings is 1. The molecule has 1 aromatic carbocycles. The SMILES string of the molecule is CC(C)(C)OC(=O)Nc1cncc(-c2cncc(N(C(=O)OC(C)(C)C)c3ccccc3Cl)n2)c1. The number of rotatable bonds is 4. The Bertz CT molecular complexity index is 1220. The molecule has 0 radical (unpaired) electrons. The fourth-order valence-corrected chi connectivity index (χ4v) is 3.15. The normalized spacial score (nSPS) is 11.5. The van der Waals surface area contributed by atoms with Crippen LogP contribution in [-0.4, -0.2) is 38.3 Å². The molecule has 184 valence electrons. The second kappa shape index (κ2) is 10.3. The Balaban J connectivity index is 1.97. The second-order valence-electron chi connectivity index (χ2n) is 9.62. The van der Waals surface area contributed by atoms with E-state index in [-0.39, 0.29) is 5.82 Å². The molecule has 3 rings (SSSR count). The van der Waals surface area contributed by atoms with E-state index in [0.717, 1.165) is 0 Å². The zero-order valence-electron chi connectivity index (χ0n) is 20.5. The number of carbonyl (C=O) groups is 2. The minimum absolute atomic E-state index is 0.204. The molecule has 0 saturated carbocycles. The average Bonchev–Trinajstić information content (AvgIpc) is 2.73. The number of ether oxygens (including phenoxy) is 2. The van der Waals surface area contributed by atoms with E-state index in [1.807, 2.05) is 0 Å². The Kier molecular flexibility index (Phi) is 7.60. The predicted octanol–water partition coefficient (Wildman–Crippen LogP) is 6.61. The monoisotopic (exact) mass is 497 g/mol. The van der Waals surface area contributed by atoms with Gasteiger partial charge in [-0.2, -0.15) is 0 Å². The van der Waals surface area contributed by atoms with Crippen molar-refractivity contribution in [3.63, 3.8) is 0 Å². The molecule has 2 amide bonds. The van der Waals surface area contributed by atoms with Crippen LogP contribution >= 0.6 is 11.6 Å². The molecule has 0 saturated heterocycles. The fourth-order valence-electron chi connectivity index (χ4n) is 2.93. The maximum absolute atomic E-state index is 13.2. The number of halogens is 1. The van der Waals surface area contributed by atoms with Gasteiger partial charge in [-0.3, -0.25) is 15.3 Å². The van der Waals surface area contributed by atoms with Crippen LogP contribution in [0.3, 0.4) is 0 Å². The largest absolute Gasteiger partial charge is 0.444 e. The Hall–Kier alpha value is -3.72. The van der Waals surface area contributed by atoms with Crippen molar-refractivity contribution in [2.75, 3.05) is 10.2 Å². The summed E-state index contributed by atoms with van der Waals surface area (Å²) in [4.78, 5) is 39.6. The van der Waals surface area contributed by atoms with Gasteiger partial charge in [0.1, 0.15) is 11.2 Å². The van der Waals surface area contributed by atoms with Crippen molar-refractivity contribution in [2.24, 2.45) is 0 Å². The Morgan fingerprint density at radius 1 is 0.914 bits per heavy atom. The lowest BCUT2D eigenvalue weighted by Crippen LogP contribution is -2.34. The third-order valence-electron chi connectivity index (χ3n) is 4.20. The lowest BCUT2D eigenvalue weighted by molar-refractivity contribution is 0.0595. The molecule has 2 heterocycles. The van der Waals surface area contributed by atoms with Crippen LogP contribution in [0, 0.1) is 0 Å². The second-order valence-corrected chi connectivity index (χ2v) is 10.0. The topological polar surface area (TPSA) is 107 Å². The summed E-state index contributed by atoms with van der Waals surface area (Å²) in [5.74, 6) is 0.204. The van der Waals surface area contributed by atoms with Crippen LogP contribution in [0.2, 0.25) is 5.02 Å². The van der Waals surface area contributed by atoms with Gasteiger partial charge in [0.25, 0.3) is 0 Å². The molecule has 0 aliphatic rings. The number of pyridine rings is 1. The maximum atomic E-state index is 13.2. The molecule has 0 bridgehead atoms. The van der Waals surface area contributed by atoms with Gasteiger partial charge >= 0.3 is 12.2 Å². The minimum Gasteiger partial charge on any atom is -0.444 e. The van der Waals surface area contributed by atoms with Gasteiger partial charge < -0.3 is 9.47 Å². The first-order valence-corrected chi connectivity index (χ1v) is 11.3. The molecule has 0 atom stereocenters. The highest BCUT2D eigenvalue weighted by Crippen LogP contribution is 2.33. The number of aromatic nitrogens is 3. The number of nitrogens with zero attached hydrogens (tertiary/aromatic N) is 4. The highest BCUT2D eigenvalue weighted by molar-refractivity contribution is 6.34. The Morgan fingerprint density at radius 2 is 1.57 bits per heavy atom. The summed E-state index contributed by atoms with van der Waals surface area (Å²) < 4.78 is 10.9. The number of hydrogen-bond donors (Lipinski definition) is 1. The molecular formula is C25H28ClN5O4. The van der Waals surface area contributed by atoms with Crippen LogP contribution in [0.25, 0.3) is 11.3 Å². The van der Waals surface area contributed by atoms with E-state index in [2.05, 4.69) is 20.3 Å². The van der Waals surface area contributed by atoms with Crippen molar-refractivity contribution >= 4 is 41.0 Å². The van der Waals surface area contributed by atoms with Crippen LogP contribution in [0.1, 0.15) is 41.5 Å². The lowest BCUT2D eigenvalue weighted by Gasteiger charge is -2.27. The van der Waals surface area contributed by atoms with Crippen LogP contribution in [0.4, 0.5) is 26.8 Å². The molecule has 0 aliphatic heterocycles. The molecule has 9 nitrogen and oxygen atoms in total. The molecule has 3 aromatic rings. The first-order chi connectivity index (χ1) is 16.3. The minimum atomic E-state index is -0.743. The number of para-hydroxylation sites is 1. The molecule has 0 aliphatic carbocycles. The zero-order chi connectivity index (χ0) is 25.8. The fraction of sp³-hybridized carbons (Fsp3) is 0.320. The molecule has 2 aromatic heterocycles. The number of carbonyl (C=O) groups excluding carboxylic acids is 2. The van der Waals surface area contributed by atoms with E-state index < -0.39 is 23.4 Å². The number of hydrogen-bond acceptors (Lipinski definition) is 7. The van der Waals surface area contributed by atoms with Crippen molar-refractivity contribution in [2.45, 2.75) is 52.7 Å². The van der Waals surface area contributed by atoms with Gasteiger partial charge in [0, 0.05) is 11.8 Å². The standard InChI is InChI=1S/C25H28ClN5O4/c1-24(2,3)34-22(32)29-17-11-16(12-27-13-17)19-14-28-15-21(30-19)31(23(33)35-25(4,5)6)20-10-8-7-9-18(20)26/h7-15H,1-6H3,(H,29,32). The third-order valence-corrected chi connectivity index (χ3v) is 4.52. The molecule has 35 heavy (non-hydrogen) atoms. The number of nitrogens with one attached hydrogen (secondary N) is 1. The van der Waals surface area contributed by atoms with Gasteiger partial charge in [0.05, 0.1) is 40.7 Å². The van der Waals surface area contributed by atoms with E-state index in [4.69, 9.17) is 21.1 Å². The van der Waals surface area contributed by atoms with Crippen molar-refractivity contribution in [3.8, 4) is 11.3 Å². The van der Waals surface area contributed by atoms with Crippen LogP contribution in [0.5, 0.6) is 0 Å². The van der Waals surface area contributed by atoms with Crippen LogP contribution in [0.15, 0.2) is 55.1 Å². The van der Waals surface area contributed by atoms with Crippen LogP contribution < -0.4 is 10.2 Å². The molecule has 10 heteroatoms. The first kappa shape index (κ1) is 25.9. The molecule has 0 spiro atoms. The number of anilines is 3. The molecule has 0 unspecified atom stereocenters. The van der Waals surface area contributed by atoms with Gasteiger partial charge in [-0.25, -0.2) is 19.5 Å². The highest BCUT2D eigenvalue weighted by Gasteiger charge is 2.28. The van der Waals surface area contributed by atoms with Crippen molar-refractivity contribution in [1.29, 1.82) is 0 Å². The van der Waals surface area contributed by atoms with Gasteiger partial charge in [0.2, 0.25) is 0 Å². The van der Waals surface area contributed by atoms with Gasteiger partial charge in [-0.15, -0.1) is 0 Å². The summed E-state index contributed by atoms with van der Waals surface area (Å²) in [5, 5.41) is 2.99. The third kappa shape index (κ3) is 7.38. The average molecular weight is 498 g/mol. The van der Waals surface area contributed by atoms with Crippen molar-refractivity contribution in [1.82, 2.24) is 15.0 Å². The highest BCUT2D eigenvalue weighted by atomic mass is 35.5. The first-order valence-electron chi connectivity index (χ1n) is 10.9. The lowest BCUT2D eigenvalue weighted by atomic mass is 10.2.